The van der Waals surface area contributed by atoms with Gasteiger partial charge in [0.15, 0.2) is 0 Å². The van der Waals surface area contributed by atoms with Crippen LogP contribution in [0.2, 0.25) is 0 Å². The monoisotopic (exact) mass is 252 g/mol. The van der Waals surface area contributed by atoms with Gasteiger partial charge in [0.05, 0.1) is 18.7 Å². The number of rotatable bonds is 3. The van der Waals surface area contributed by atoms with Gasteiger partial charge in [0, 0.05) is 6.61 Å². The van der Waals surface area contributed by atoms with Gasteiger partial charge < -0.3 is 19.9 Å². The maximum absolute atomic E-state index is 11.9. The number of ether oxygens (including phenoxy) is 1. The molecule has 3 heterocycles. The Bertz CT molecular complexity index is 422. The molecule has 2 fully saturated rings. The lowest BCUT2D eigenvalue weighted by Crippen LogP contribution is -2.35. The van der Waals surface area contributed by atoms with Crippen LogP contribution < -0.4 is 10.6 Å². The number of hydrogen-bond donors (Lipinski definition) is 2. The van der Waals surface area contributed by atoms with Gasteiger partial charge >= 0.3 is 0 Å². The van der Waals surface area contributed by atoms with E-state index >= 15 is 0 Å². The summed E-state index contributed by atoms with van der Waals surface area (Å²) in [6.45, 7) is 2.20. The van der Waals surface area contributed by atoms with E-state index in [1.54, 1.807) is 0 Å². The van der Waals surface area contributed by atoms with Crippen molar-refractivity contribution >= 4 is 5.91 Å². The van der Waals surface area contributed by atoms with E-state index in [2.05, 4.69) is 20.8 Å². The summed E-state index contributed by atoms with van der Waals surface area (Å²) in [5.74, 6) is 0.310. The number of nitrogens with zero attached hydrogens (tertiary/aromatic N) is 2. The quantitative estimate of drug-likeness (QED) is 0.788. The average Bonchev–Trinajstić information content (AvgIpc) is 3.11. The van der Waals surface area contributed by atoms with Crippen molar-refractivity contribution in [1.82, 2.24) is 20.8 Å². The first-order valence-corrected chi connectivity index (χ1v) is 6.28. The topological polar surface area (TPSA) is 89.3 Å². The standard InChI is InChI=1S/C11H16N4O3/c16-10(13-7-3-5-17-6-7)9-14-11(18-15-9)8-2-1-4-12-8/h7-8,12H,1-6H2,(H,13,16). The summed E-state index contributed by atoms with van der Waals surface area (Å²) in [7, 11) is 0. The Labute approximate surface area is 104 Å². The van der Waals surface area contributed by atoms with Gasteiger partial charge in [-0.3, -0.25) is 4.79 Å². The summed E-state index contributed by atoms with van der Waals surface area (Å²) in [4.78, 5) is 16.0. The van der Waals surface area contributed by atoms with Crippen LogP contribution in [0.5, 0.6) is 0 Å². The van der Waals surface area contributed by atoms with Gasteiger partial charge in [0.2, 0.25) is 5.89 Å². The highest BCUT2D eigenvalue weighted by Crippen LogP contribution is 2.21. The first kappa shape index (κ1) is 11.6. The second-order valence-corrected chi connectivity index (χ2v) is 4.64. The first-order chi connectivity index (χ1) is 8.83. The van der Waals surface area contributed by atoms with Gasteiger partial charge in [-0.2, -0.15) is 4.98 Å². The molecule has 3 rings (SSSR count). The van der Waals surface area contributed by atoms with Crippen LogP contribution in [0.25, 0.3) is 0 Å². The molecule has 7 heteroatoms. The fourth-order valence-corrected chi connectivity index (χ4v) is 2.26. The van der Waals surface area contributed by atoms with Crippen molar-refractivity contribution in [3.63, 3.8) is 0 Å². The van der Waals surface area contributed by atoms with Crippen molar-refractivity contribution < 1.29 is 14.1 Å². The average molecular weight is 252 g/mol. The zero-order valence-corrected chi connectivity index (χ0v) is 10.0. The van der Waals surface area contributed by atoms with Crippen LogP contribution in [0, 0.1) is 0 Å². The minimum absolute atomic E-state index is 0.0593. The fourth-order valence-electron chi connectivity index (χ4n) is 2.26. The molecule has 2 unspecified atom stereocenters. The van der Waals surface area contributed by atoms with E-state index in [0.29, 0.717) is 19.1 Å². The molecule has 2 aliphatic heterocycles. The third-order valence-electron chi connectivity index (χ3n) is 3.27. The largest absolute Gasteiger partial charge is 0.379 e. The van der Waals surface area contributed by atoms with Crippen LogP contribution in [0.4, 0.5) is 0 Å². The Morgan fingerprint density at radius 2 is 2.39 bits per heavy atom. The maximum atomic E-state index is 11.9. The lowest BCUT2D eigenvalue weighted by Gasteiger charge is -2.07. The van der Waals surface area contributed by atoms with E-state index in [0.717, 1.165) is 25.8 Å². The molecule has 2 atom stereocenters. The highest BCUT2D eigenvalue weighted by atomic mass is 16.5. The highest BCUT2D eigenvalue weighted by molar-refractivity contribution is 5.90. The third kappa shape index (κ3) is 2.37. The molecular weight excluding hydrogens is 236 g/mol. The van der Waals surface area contributed by atoms with Crippen LogP contribution in [0.3, 0.4) is 0 Å². The molecule has 1 aromatic heterocycles. The van der Waals surface area contributed by atoms with E-state index < -0.39 is 0 Å². The smallest absolute Gasteiger partial charge is 0.292 e. The molecular formula is C11H16N4O3. The van der Waals surface area contributed by atoms with Gasteiger partial charge in [0.25, 0.3) is 11.7 Å². The van der Waals surface area contributed by atoms with E-state index in [9.17, 15) is 4.79 Å². The summed E-state index contributed by atoms with van der Waals surface area (Å²) in [5, 5.41) is 9.80. The van der Waals surface area contributed by atoms with Crippen molar-refractivity contribution in [2.45, 2.75) is 31.3 Å². The molecule has 0 radical (unpaired) electrons. The lowest BCUT2D eigenvalue weighted by atomic mass is 10.2. The van der Waals surface area contributed by atoms with Crippen LogP contribution in [-0.4, -0.2) is 41.8 Å². The SMILES string of the molecule is O=C(NC1CCOC1)c1noc(C2CCCN2)n1. The van der Waals surface area contributed by atoms with Crippen LogP contribution in [-0.2, 0) is 4.74 Å². The predicted octanol–water partition coefficient (Wildman–Crippen LogP) is 0.0128. The van der Waals surface area contributed by atoms with E-state index in [-0.39, 0.29) is 23.8 Å². The van der Waals surface area contributed by atoms with Gasteiger partial charge in [-0.25, -0.2) is 0 Å². The molecule has 0 spiro atoms. The molecule has 7 nitrogen and oxygen atoms in total. The summed E-state index contributed by atoms with van der Waals surface area (Å²) in [6, 6.07) is 0.151. The van der Waals surface area contributed by atoms with E-state index in [4.69, 9.17) is 9.26 Å². The number of carbonyl (C=O) groups is 1. The van der Waals surface area contributed by atoms with Gasteiger partial charge in [-0.05, 0) is 25.8 Å². The number of amides is 1. The Balaban J connectivity index is 1.62. The van der Waals surface area contributed by atoms with E-state index in [1.807, 2.05) is 0 Å². The number of aromatic nitrogens is 2. The van der Waals surface area contributed by atoms with Crippen molar-refractivity contribution in [2.75, 3.05) is 19.8 Å². The molecule has 1 amide bonds. The Morgan fingerprint density at radius 3 is 3.11 bits per heavy atom. The number of carbonyl (C=O) groups excluding carboxylic acids is 1. The predicted molar refractivity (Wildman–Crippen MR) is 61.0 cm³/mol. The van der Waals surface area contributed by atoms with Crippen molar-refractivity contribution in [2.24, 2.45) is 0 Å². The summed E-state index contributed by atoms with van der Waals surface area (Å²) in [6.07, 6.45) is 2.90. The zero-order valence-electron chi connectivity index (χ0n) is 10.0. The molecule has 18 heavy (non-hydrogen) atoms. The minimum atomic E-state index is -0.293. The Kier molecular flexibility index (Phi) is 3.24. The normalized spacial score (nSPS) is 27.6. The van der Waals surface area contributed by atoms with Crippen LogP contribution in [0.15, 0.2) is 4.52 Å². The first-order valence-electron chi connectivity index (χ1n) is 6.28. The van der Waals surface area contributed by atoms with Gasteiger partial charge in [-0.1, -0.05) is 5.16 Å². The van der Waals surface area contributed by atoms with Gasteiger partial charge in [0.1, 0.15) is 0 Å². The molecule has 0 saturated carbocycles. The van der Waals surface area contributed by atoms with Crippen molar-refractivity contribution in [1.29, 1.82) is 0 Å². The molecule has 0 bridgehead atoms. The molecule has 2 N–H and O–H groups in total. The van der Waals surface area contributed by atoms with Crippen molar-refractivity contribution in [3.05, 3.63) is 11.7 Å². The maximum Gasteiger partial charge on any atom is 0.292 e. The second kappa shape index (κ2) is 5.03. The highest BCUT2D eigenvalue weighted by Gasteiger charge is 2.26. The molecule has 2 saturated heterocycles. The molecule has 1 aromatic rings. The summed E-state index contributed by atoms with van der Waals surface area (Å²) >= 11 is 0. The number of nitrogens with one attached hydrogen (secondary N) is 2. The number of hydrogen-bond acceptors (Lipinski definition) is 6. The van der Waals surface area contributed by atoms with Crippen molar-refractivity contribution in [3.8, 4) is 0 Å². The lowest BCUT2D eigenvalue weighted by molar-refractivity contribution is 0.0916. The van der Waals surface area contributed by atoms with E-state index in [1.165, 1.54) is 0 Å². The third-order valence-corrected chi connectivity index (χ3v) is 3.27. The van der Waals surface area contributed by atoms with Crippen LogP contribution in [0.1, 0.15) is 41.8 Å². The zero-order chi connectivity index (χ0) is 12.4. The van der Waals surface area contributed by atoms with Crippen LogP contribution >= 0.6 is 0 Å². The molecule has 0 aromatic carbocycles. The Hall–Kier alpha value is -1.47. The molecule has 0 aliphatic carbocycles. The van der Waals surface area contributed by atoms with Gasteiger partial charge in [-0.15, -0.1) is 0 Å². The summed E-state index contributed by atoms with van der Waals surface area (Å²) in [5.41, 5.74) is 0. The Morgan fingerprint density at radius 1 is 1.44 bits per heavy atom. The molecule has 2 aliphatic rings. The second-order valence-electron chi connectivity index (χ2n) is 4.64. The minimum Gasteiger partial charge on any atom is -0.379 e. The fraction of sp³-hybridized carbons (Fsp3) is 0.727. The summed E-state index contributed by atoms with van der Waals surface area (Å²) < 4.78 is 10.3. The molecule has 98 valence electrons.